The highest BCUT2D eigenvalue weighted by Gasteiger charge is 2.27. The molecule has 3 heterocycles. The SMILES string of the molecule is O=C(c1ccc(-c2cccs2)cc1)N1CCCC[C@H]1CCn1ccnc1. The van der Waals surface area contributed by atoms with Crippen LogP contribution in [0.3, 0.4) is 0 Å². The molecule has 0 spiro atoms. The van der Waals surface area contributed by atoms with Gasteiger partial charge in [-0.2, -0.15) is 0 Å². The molecular formula is C21H23N3OS. The van der Waals surface area contributed by atoms with Crippen molar-refractivity contribution < 1.29 is 4.79 Å². The van der Waals surface area contributed by atoms with E-state index in [1.54, 1.807) is 17.5 Å². The van der Waals surface area contributed by atoms with Crippen LogP contribution in [0, 0.1) is 0 Å². The molecule has 0 unspecified atom stereocenters. The molecule has 26 heavy (non-hydrogen) atoms. The van der Waals surface area contributed by atoms with Gasteiger partial charge >= 0.3 is 0 Å². The van der Waals surface area contributed by atoms with E-state index in [0.29, 0.717) is 6.04 Å². The van der Waals surface area contributed by atoms with Crippen molar-refractivity contribution in [1.82, 2.24) is 14.5 Å². The number of imidazole rings is 1. The Kier molecular flexibility index (Phi) is 5.16. The Morgan fingerprint density at radius 3 is 2.81 bits per heavy atom. The average molecular weight is 366 g/mol. The van der Waals surface area contributed by atoms with Gasteiger partial charge in [0, 0.05) is 42.0 Å². The second-order valence-corrected chi connectivity index (χ2v) is 7.74. The van der Waals surface area contributed by atoms with Gasteiger partial charge in [0.05, 0.1) is 6.33 Å². The van der Waals surface area contributed by atoms with Gasteiger partial charge in [0.25, 0.3) is 5.91 Å². The molecule has 0 radical (unpaired) electrons. The van der Waals surface area contributed by atoms with E-state index in [4.69, 9.17) is 0 Å². The molecule has 0 N–H and O–H groups in total. The van der Waals surface area contributed by atoms with E-state index >= 15 is 0 Å². The number of hydrogen-bond acceptors (Lipinski definition) is 3. The fraction of sp³-hybridized carbons (Fsp3) is 0.333. The monoisotopic (exact) mass is 365 g/mol. The van der Waals surface area contributed by atoms with Crippen molar-refractivity contribution in [3.05, 3.63) is 66.1 Å². The molecule has 2 aromatic heterocycles. The molecular weight excluding hydrogens is 342 g/mol. The van der Waals surface area contributed by atoms with E-state index in [0.717, 1.165) is 37.9 Å². The fourth-order valence-corrected chi connectivity index (χ4v) is 4.40. The second-order valence-electron chi connectivity index (χ2n) is 6.79. The minimum atomic E-state index is 0.165. The topological polar surface area (TPSA) is 38.1 Å². The Labute approximate surface area is 158 Å². The summed E-state index contributed by atoms with van der Waals surface area (Å²) in [5.74, 6) is 0.165. The molecule has 0 saturated carbocycles. The zero-order chi connectivity index (χ0) is 17.8. The summed E-state index contributed by atoms with van der Waals surface area (Å²) >= 11 is 1.72. The molecule has 5 heteroatoms. The lowest BCUT2D eigenvalue weighted by molar-refractivity contribution is 0.0595. The van der Waals surface area contributed by atoms with Crippen LogP contribution in [-0.4, -0.2) is 32.9 Å². The molecule has 0 aliphatic carbocycles. The van der Waals surface area contributed by atoms with Crippen molar-refractivity contribution in [2.45, 2.75) is 38.3 Å². The van der Waals surface area contributed by atoms with Gasteiger partial charge in [0.1, 0.15) is 0 Å². The van der Waals surface area contributed by atoms with E-state index in [1.165, 1.54) is 16.9 Å². The number of benzene rings is 1. The van der Waals surface area contributed by atoms with Crippen molar-refractivity contribution in [2.75, 3.05) is 6.54 Å². The first kappa shape index (κ1) is 17.0. The maximum Gasteiger partial charge on any atom is 0.254 e. The molecule has 4 rings (SSSR count). The lowest BCUT2D eigenvalue weighted by Gasteiger charge is -2.36. The highest BCUT2D eigenvalue weighted by molar-refractivity contribution is 7.13. The van der Waals surface area contributed by atoms with E-state index in [2.05, 4.69) is 44.1 Å². The Bertz CT molecular complexity index is 825. The number of thiophene rings is 1. The predicted octanol–water partition coefficient (Wildman–Crippen LogP) is 4.70. The molecule has 3 aromatic rings. The van der Waals surface area contributed by atoms with Crippen LogP contribution in [0.1, 0.15) is 36.0 Å². The summed E-state index contributed by atoms with van der Waals surface area (Å²) in [5, 5.41) is 2.08. The van der Waals surface area contributed by atoms with E-state index in [1.807, 2.05) is 24.7 Å². The molecule has 1 aromatic carbocycles. The molecule has 1 saturated heterocycles. The van der Waals surface area contributed by atoms with Crippen LogP contribution in [0.25, 0.3) is 10.4 Å². The molecule has 134 valence electrons. The summed E-state index contributed by atoms with van der Waals surface area (Å²) in [4.78, 5) is 20.5. The van der Waals surface area contributed by atoms with Gasteiger partial charge in [0.15, 0.2) is 0 Å². The van der Waals surface area contributed by atoms with Crippen molar-refractivity contribution >= 4 is 17.2 Å². The van der Waals surface area contributed by atoms with Gasteiger partial charge in [-0.05, 0) is 54.8 Å². The molecule has 1 fully saturated rings. The third-order valence-electron chi connectivity index (χ3n) is 5.11. The van der Waals surface area contributed by atoms with Crippen molar-refractivity contribution in [3.8, 4) is 10.4 Å². The smallest absolute Gasteiger partial charge is 0.254 e. The number of amides is 1. The Morgan fingerprint density at radius 2 is 2.08 bits per heavy atom. The quantitative estimate of drug-likeness (QED) is 0.657. The average Bonchev–Trinajstić information content (AvgIpc) is 3.40. The molecule has 1 amide bonds. The molecule has 4 nitrogen and oxygen atoms in total. The van der Waals surface area contributed by atoms with Crippen molar-refractivity contribution in [2.24, 2.45) is 0 Å². The van der Waals surface area contributed by atoms with Gasteiger partial charge in [-0.3, -0.25) is 4.79 Å². The minimum Gasteiger partial charge on any atom is -0.337 e. The number of aryl methyl sites for hydroxylation is 1. The third-order valence-corrected chi connectivity index (χ3v) is 6.02. The van der Waals surface area contributed by atoms with Crippen LogP contribution in [0.15, 0.2) is 60.5 Å². The van der Waals surface area contributed by atoms with Gasteiger partial charge in [0.2, 0.25) is 0 Å². The largest absolute Gasteiger partial charge is 0.337 e. The Hall–Kier alpha value is -2.40. The molecule has 1 aliphatic heterocycles. The van der Waals surface area contributed by atoms with E-state index in [-0.39, 0.29) is 5.91 Å². The van der Waals surface area contributed by atoms with E-state index in [9.17, 15) is 4.79 Å². The number of nitrogens with zero attached hydrogens (tertiary/aromatic N) is 3. The number of hydrogen-bond donors (Lipinski definition) is 0. The van der Waals surface area contributed by atoms with Gasteiger partial charge in [-0.1, -0.05) is 18.2 Å². The third kappa shape index (κ3) is 3.73. The lowest BCUT2D eigenvalue weighted by Crippen LogP contribution is -2.44. The van der Waals surface area contributed by atoms with Crippen LogP contribution in [0.5, 0.6) is 0 Å². The number of piperidine rings is 1. The van der Waals surface area contributed by atoms with Crippen LogP contribution in [0.4, 0.5) is 0 Å². The van der Waals surface area contributed by atoms with E-state index < -0.39 is 0 Å². The fourth-order valence-electron chi connectivity index (χ4n) is 3.67. The highest BCUT2D eigenvalue weighted by Crippen LogP contribution is 2.26. The summed E-state index contributed by atoms with van der Waals surface area (Å²) in [5.41, 5.74) is 1.96. The maximum absolute atomic E-state index is 13.1. The maximum atomic E-state index is 13.1. The predicted molar refractivity (Wildman–Crippen MR) is 105 cm³/mol. The Morgan fingerprint density at radius 1 is 1.19 bits per heavy atom. The lowest BCUT2D eigenvalue weighted by atomic mass is 9.98. The number of carbonyl (C=O) groups is 1. The van der Waals surface area contributed by atoms with Crippen LogP contribution < -0.4 is 0 Å². The Balaban J connectivity index is 1.46. The normalized spacial score (nSPS) is 17.4. The zero-order valence-electron chi connectivity index (χ0n) is 14.8. The summed E-state index contributed by atoms with van der Waals surface area (Å²) in [6.07, 6.45) is 10.0. The first-order valence-corrected chi connectivity index (χ1v) is 10.1. The number of rotatable bonds is 5. The highest BCUT2D eigenvalue weighted by atomic mass is 32.1. The first-order chi connectivity index (χ1) is 12.8. The van der Waals surface area contributed by atoms with Gasteiger partial charge in [-0.25, -0.2) is 4.98 Å². The molecule has 0 bridgehead atoms. The summed E-state index contributed by atoms with van der Waals surface area (Å²) in [7, 11) is 0. The summed E-state index contributed by atoms with van der Waals surface area (Å²) < 4.78 is 2.09. The number of carbonyl (C=O) groups excluding carboxylic acids is 1. The van der Waals surface area contributed by atoms with Crippen LogP contribution in [-0.2, 0) is 6.54 Å². The molecule has 1 atom stereocenters. The number of likely N-dealkylation sites (tertiary alicyclic amines) is 1. The zero-order valence-corrected chi connectivity index (χ0v) is 15.6. The number of aromatic nitrogens is 2. The molecule has 1 aliphatic rings. The van der Waals surface area contributed by atoms with Crippen LogP contribution in [0.2, 0.25) is 0 Å². The second kappa shape index (κ2) is 7.87. The van der Waals surface area contributed by atoms with Crippen LogP contribution >= 0.6 is 11.3 Å². The first-order valence-electron chi connectivity index (χ1n) is 9.22. The van der Waals surface area contributed by atoms with Crippen molar-refractivity contribution in [1.29, 1.82) is 0 Å². The van der Waals surface area contributed by atoms with Crippen molar-refractivity contribution in [3.63, 3.8) is 0 Å². The minimum absolute atomic E-state index is 0.165. The standard InChI is InChI=1S/C21H23N3OS/c25-21(18-8-6-17(7-9-18)20-5-3-15-26-20)24-12-2-1-4-19(24)10-13-23-14-11-22-16-23/h3,5-9,11,14-16,19H,1-2,4,10,12-13H2/t19-/m0/s1. The van der Waals surface area contributed by atoms with Gasteiger partial charge in [-0.15, -0.1) is 11.3 Å². The summed E-state index contributed by atoms with van der Waals surface area (Å²) in [6, 6.07) is 12.5. The van der Waals surface area contributed by atoms with Gasteiger partial charge < -0.3 is 9.47 Å². The summed E-state index contributed by atoms with van der Waals surface area (Å²) in [6.45, 7) is 1.77.